The van der Waals surface area contributed by atoms with Crippen molar-refractivity contribution in [1.82, 2.24) is 0 Å². The molecule has 2 atom stereocenters. The summed E-state index contributed by atoms with van der Waals surface area (Å²) in [4.78, 5) is 38.0. The second kappa shape index (κ2) is 7.21. The Kier molecular flexibility index (Phi) is 5.09. The number of fused-ring (bicyclic) bond motifs is 1. The maximum Gasteiger partial charge on any atom is 0.498 e. The van der Waals surface area contributed by atoms with Gasteiger partial charge >= 0.3 is 19.1 Å². The third-order valence-electron chi connectivity index (χ3n) is 6.92. The molecule has 3 heterocycles. The van der Waals surface area contributed by atoms with Crippen LogP contribution in [-0.2, 0) is 28.4 Å². The number of ether oxygens (including phenoxy) is 3. The SMILES string of the molecule is COC(=O)[C@]1([C@@H]2CCC(=O)O2)CC(=O)c2c(O)cc(C)c(B3OC(C)(C)C(C)(C)O3)c2O1. The van der Waals surface area contributed by atoms with Crippen LogP contribution in [0.3, 0.4) is 0 Å². The van der Waals surface area contributed by atoms with E-state index in [4.69, 9.17) is 23.5 Å². The normalized spacial score (nSPS) is 28.2. The summed E-state index contributed by atoms with van der Waals surface area (Å²) in [5.74, 6) is -2.15. The maximum absolute atomic E-state index is 13.2. The molecule has 0 spiro atoms. The monoisotopic (exact) mass is 446 g/mol. The topological polar surface area (TPSA) is 118 Å². The number of aryl methyl sites for hydroxylation is 1. The van der Waals surface area contributed by atoms with Crippen LogP contribution in [0.5, 0.6) is 11.5 Å². The zero-order chi connectivity index (χ0) is 23.6. The lowest BCUT2D eigenvalue weighted by molar-refractivity contribution is -0.175. The summed E-state index contributed by atoms with van der Waals surface area (Å²) in [6.07, 6.45) is -1.16. The fraction of sp³-hybridized carbons (Fsp3) is 0.591. The maximum atomic E-state index is 13.2. The first-order valence-electron chi connectivity index (χ1n) is 10.5. The number of cyclic esters (lactones) is 1. The van der Waals surface area contributed by atoms with E-state index in [1.54, 1.807) is 6.92 Å². The fourth-order valence-corrected chi connectivity index (χ4v) is 4.41. The lowest BCUT2D eigenvalue weighted by Crippen LogP contribution is -2.59. The van der Waals surface area contributed by atoms with Crippen molar-refractivity contribution in [3.8, 4) is 11.5 Å². The van der Waals surface area contributed by atoms with E-state index in [1.807, 2.05) is 27.7 Å². The molecule has 1 N–H and O–H groups in total. The van der Waals surface area contributed by atoms with Gasteiger partial charge in [-0.1, -0.05) is 0 Å². The third kappa shape index (κ3) is 3.19. The predicted molar refractivity (Wildman–Crippen MR) is 112 cm³/mol. The van der Waals surface area contributed by atoms with E-state index in [0.29, 0.717) is 11.0 Å². The van der Waals surface area contributed by atoms with Crippen molar-refractivity contribution in [3.63, 3.8) is 0 Å². The van der Waals surface area contributed by atoms with Crippen molar-refractivity contribution >= 4 is 30.3 Å². The Hall–Kier alpha value is -2.59. The molecule has 172 valence electrons. The highest BCUT2D eigenvalue weighted by atomic mass is 16.7. The molecule has 9 nitrogen and oxygen atoms in total. The van der Waals surface area contributed by atoms with Crippen LogP contribution in [0.15, 0.2) is 6.07 Å². The lowest BCUT2D eigenvalue weighted by atomic mass is 9.72. The van der Waals surface area contributed by atoms with E-state index >= 15 is 0 Å². The smallest absolute Gasteiger partial charge is 0.498 e. The van der Waals surface area contributed by atoms with Crippen molar-refractivity contribution < 1.29 is 43.0 Å². The molecule has 3 aliphatic rings. The van der Waals surface area contributed by atoms with Gasteiger partial charge in [0.05, 0.1) is 24.7 Å². The van der Waals surface area contributed by atoms with Gasteiger partial charge in [-0.05, 0) is 52.7 Å². The number of rotatable bonds is 3. The van der Waals surface area contributed by atoms with Crippen LogP contribution in [0, 0.1) is 6.92 Å². The molecule has 0 aromatic heterocycles. The van der Waals surface area contributed by atoms with E-state index in [2.05, 4.69) is 0 Å². The molecule has 0 bridgehead atoms. The van der Waals surface area contributed by atoms with Gasteiger partial charge in [0.2, 0.25) is 5.60 Å². The number of esters is 2. The molecule has 0 radical (unpaired) electrons. The van der Waals surface area contributed by atoms with Crippen LogP contribution in [-0.4, -0.2) is 60.0 Å². The quantitative estimate of drug-likeness (QED) is 0.546. The van der Waals surface area contributed by atoms with E-state index in [1.165, 1.54) is 13.2 Å². The Labute approximate surface area is 186 Å². The average molecular weight is 446 g/mol. The van der Waals surface area contributed by atoms with Crippen molar-refractivity contribution in [3.05, 3.63) is 17.2 Å². The molecular weight excluding hydrogens is 419 g/mol. The van der Waals surface area contributed by atoms with Gasteiger partial charge in [0.1, 0.15) is 17.1 Å². The van der Waals surface area contributed by atoms with Crippen molar-refractivity contribution in [2.75, 3.05) is 7.11 Å². The van der Waals surface area contributed by atoms with Crippen LogP contribution in [0.2, 0.25) is 0 Å². The first-order chi connectivity index (χ1) is 14.8. The summed E-state index contributed by atoms with van der Waals surface area (Å²) in [6, 6.07) is 1.45. The number of carbonyl (C=O) groups is 3. The highest BCUT2D eigenvalue weighted by Crippen LogP contribution is 2.45. The number of carbonyl (C=O) groups excluding carboxylic acids is 3. The Morgan fingerprint density at radius 1 is 1.19 bits per heavy atom. The molecular formula is C22H27BO9. The highest BCUT2D eigenvalue weighted by Gasteiger charge is 2.60. The van der Waals surface area contributed by atoms with E-state index in [9.17, 15) is 19.5 Å². The summed E-state index contributed by atoms with van der Waals surface area (Å²) in [5, 5.41) is 10.6. The number of ketones is 1. The molecule has 0 saturated carbocycles. The van der Waals surface area contributed by atoms with Gasteiger partial charge in [0.25, 0.3) is 0 Å². The fourth-order valence-electron chi connectivity index (χ4n) is 4.41. The van der Waals surface area contributed by atoms with Gasteiger partial charge in [0.15, 0.2) is 11.9 Å². The molecule has 0 unspecified atom stereocenters. The zero-order valence-electron chi connectivity index (χ0n) is 19.1. The molecule has 3 aliphatic heterocycles. The second-order valence-electron chi connectivity index (χ2n) is 9.52. The number of phenols is 1. The standard InChI is InChI=1S/C22H27BO9/c1-11-9-12(24)16-13(25)10-22(19(27)28-6,14-7-8-15(26)29-14)30-18(16)17(11)23-31-20(2,3)21(4,5)32-23/h9,14,24H,7-8,10H2,1-6H3/t14-,22+/m0/s1. The summed E-state index contributed by atoms with van der Waals surface area (Å²) >= 11 is 0. The van der Waals surface area contributed by atoms with Crippen molar-refractivity contribution in [2.45, 2.75) is 76.8 Å². The minimum absolute atomic E-state index is 0.0226. The van der Waals surface area contributed by atoms with Crippen LogP contribution in [0.25, 0.3) is 0 Å². The van der Waals surface area contributed by atoms with Gasteiger partial charge in [-0.2, -0.15) is 0 Å². The summed E-state index contributed by atoms with van der Waals surface area (Å²) in [6.45, 7) is 9.27. The third-order valence-corrected chi connectivity index (χ3v) is 6.92. The summed E-state index contributed by atoms with van der Waals surface area (Å²) < 4.78 is 28.9. The van der Waals surface area contributed by atoms with E-state index in [0.717, 1.165) is 0 Å². The average Bonchev–Trinajstić information content (AvgIpc) is 3.20. The molecule has 1 aromatic carbocycles. The highest BCUT2D eigenvalue weighted by molar-refractivity contribution is 6.64. The van der Waals surface area contributed by atoms with Gasteiger partial charge < -0.3 is 28.6 Å². The Bertz CT molecular complexity index is 999. The van der Waals surface area contributed by atoms with Gasteiger partial charge in [-0.25, -0.2) is 4.79 Å². The largest absolute Gasteiger partial charge is 0.507 e. The van der Waals surface area contributed by atoms with Gasteiger partial charge in [0, 0.05) is 11.9 Å². The lowest BCUT2D eigenvalue weighted by Gasteiger charge is -2.39. The Morgan fingerprint density at radius 2 is 1.81 bits per heavy atom. The van der Waals surface area contributed by atoms with Crippen LogP contribution in [0.1, 0.15) is 62.9 Å². The van der Waals surface area contributed by atoms with Crippen molar-refractivity contribution in [2.24, 2.45) is 0 Å². The Balaban J connectivity index is 1.88. The molecule has 0 amide bonds. The Morgan fingerprint density at radius 3 is 2.34 bits per heavy atom. The van der Waals surface area contributed by atoms with Crippen molar-refractivity contribution in [1.29, 1.82) is 0 Å². The van der Waals surface area contributed by atoms with E-state index in [-0.39, 0.29) is 29.9 Å². The molecule has 10 heteroatoms. The predicted octanol–water partition coefficient (Wildman–Crippen LogP) is 1.58. The van der Waals surface area contributed by atoms with Crippen LogP contribution >= 0.6 is 0 Å². The number of hydrogen-bond acceptors (Lipinski definition) is 9. The molecule has 32 heavy (non-hydrogen) atoms. The molecule has 1 aromatic rings. The molecule has 2 saturated heterocycles. The number of aromatic hydroxyl groups is 1. The molecule has 4 rings (SSSR count). The zero-order valence-corrected chi connectivity index (χ0v) is 19.1. The number of Topliss-reactive ketones (excluding diaryl/α,β-unsaturated/α-hetero) is 1. The molecule has 2 fully saturated rings. The van der Waals surface area contributed by atoms with Crippen LogP contribution < -0.4 is 10.2 Å². The first kappa shape index (κ1) is 22.6. The number of hydrogen-bond donors (Lipinski definition) is 1. The summed E-state index contributed by atoms with van der Waals surface area (Å²) in [7, 11) is 0.259. The van der Waals surface area contributed by atoms with Crippen LogP contribution in [0.4, 0.5) is 0 Å². The van der Waals surface area contributed by atoms with E-state index < -0.39 is 54.2 Å². The van der Waals surface area contributed by atoms with Gasteiger partial charge in [-0.15, -0.1) is 0 Å². The number of phenolic OH excluding ortho intramolecular Hbond substituents is 1. The minimum Gasteiger partial charge on any atom is -0.507 e. The number of methoxy groups -OCH3 is 1. The summed E-state index contributed by atoms with van der Waals surface area (Å²) in [5.41, 5.74) is -2.34. The molecule has 0 aliphatic carbocycles. The second-order valence-corrected chi connectivity index (χ2v) is 9.52. The minimum atomic E-state index is -1.87. The van der Waals surface area contributed by atoms with Gasteiger partial charge in [-0.3, -0.25) is 9.59 Å². The number of benzene rings is 1. The first-order valence-corrected chi connectivity index (χ1v) is 10.5.